The molecule has 8 aromatic rings. The van der Waals surface area contributed by atoms with E-state index >= 15 is 19.2 Å². The second-order valence-corrected chi connectivity index (χ2v) is 29.4. The maximum absolute atomic E-state index is 15.2. The highest BCUT2D eigenvalue weighted by Gasteiger charge is 2.47. The Hall–Kier alpha value is -12.2. The molecule has 12 atom stereocenters. The number of carboxylic acid groups (broad SMARTS) is 2. The summed E-state index contributed by atoms with van der Waals surface area (Å²) in [7, 11) is 3.21. The fourth-order valence-corrected chi connectivity index (χ4v) is 13.8. The molecule has 14 rings (SSSR count). The van der Waals surface area contributed by atoms with Crippen molar-refractivity contribution in [3.63, 3.8) is 0 Å². The number of aliphatic carboxylic acids is 2. The number of benzene rings is 6. The van der Waals surface area contributed by atoms with E-state index in [0.29, 0.717) is 39.3 Å². The summed E-state index contributed by atoms with van der Waals surface area (Å²) in [6, 6.07) is 33.9. The van der Waals surface area contributed by atoms with Crippen LogP contribution in [-0.4, -0.2) is 197 Å². The SMILES string of the molecule is CN[C@@H](C)C(=O)N[C@H](C(=O)N1C[C@@H]2C[C@H]1C(=O)N[C@@H](Cc1ccc(-c3ccccc3)cc1)C(=O)N[C@H](C(=O)O)Cc1ccc(cc1)COc1cn(nn1)[C@H]1C[C@@H](C(=O)N[C@@H](Cc3ccc(-c4ccccc4)cc3)C(=O)N[C@H](C(=O)O)Cc3ccc(cc3)OCc3cn2nn3)N(C(=O)[C@@H](NC(=O)[C@H](C)NC)C(C)C)C1)C(C)C. The highest BCUT2D eigenvalue weighted by atomic mass is 16.5. The van der Waals surface area contributed by atoms with E-state index in [0.717, 1.165) is 22.3 Å². The molecule has 2 saturated heterocycles. The zero-order chi connectivity index (χ0) is 79.9. The zero-order valence-corrected chi connectivity index (χ0v) is 63.7. The number of hydrogen-bond donors (Lipinski definition) is 10. The number of nitrogens with one attached hydrogen (secondary N) is 8. The molecule has 0 unspecified atom stereocenters. The average Bonchev–Trinajstić information content (AvgIpc) is 1.63. The molecule has 112 heavy (non-hydrogen) atoms. The van der Waals surface area contributed by atoms with E-state index in [1.54, 1.807) is 110 Å². The first-order valence-corrected chi connectivity index (χ1v) is 37.6. The first kappa shape index (κ1) is 80.8. The lowest BCUT2D eigenvalue weighted by Crippen LogP contribution is -2.59. The molecule has 12 bridgehead atoms. The minimum absolute atomic E-state index is 0.0372. The second-order valence-electron chi connectivity index (χ2n) is 29.4. The number of likely N-dealkylation sites (N-methyl/N-ethyl adjacent to an activating group) is 2. The van der Waals surface area contributed by atoms with E-state index in [9.17, 15) is 39.0 Å². The van der Waals surface area contributed by atoms with Crippen molar-refractivity contribution < 1.29 is 67.6 Å². The van der Waals surface area contributed by atoms with E-state index < -0.39 is 144 Å². The van der Waals surface area contributed by atoms with E-state index in [1.165, 1.54) is 25.4 Å². The van der Waals surface area contributed by atoms with Crippen LogP contribution >= 0.6 is 0 Å². The van der Waals surface area contributed by atoms with Crippen LogP contribution in [0.4, 0.5) is 0 Å². The fraction of sp³-hybridized carbons (Fsp3) is 0.390. The molecule has 588 valence electrons. The van der Waals surface area contributed by atoms with Gasteiger partial charge in [0.05, 0.1) is 36.6 Å². The van der Waals surface area contributed by atoms with Gasteiger partial charge in [0.25, 0.3) is 5.88 Å². The van der Waals surface area contributed by atoms with Crippen molar-refractivity contribution in [3.8, 4) is 33.9 Å². The molecule has 0 radical (unpaired) electrons. The first-order chi connectivity index (χ1) is 53.8. The maximum atomic E-state index is 15.2. The molecule has 0 spiro atoms. The second kappa shape index (κ2) is 37.0. The smallest absolute Gasteiger partial charge is 0.326 e. The van der Waals surface area contributed by atoms with E-state index in [4.69, 9.17) is 9.47 Å². The molecule has 6 aromatic carbocycles. The summed E-state index contributed by atoms with van der Waals surface area (Å²) >= 11 is 0. The van der Waals surface area contributed by atoms with Gasteiger partial charge >= 0.3 is 11.9 Å². The lowest BCUT2D eigenvalue weighted by molar-refractivity contribution is -0.144. The average molecular weight is 1530 g/mol. The third kappa shape index (κ3) is 20.4. The van der Waals surface area contributed by atoms with Crippen molar-refractivity contribution in [1.29, 1.82) is 0 Å². The summed E-state index contributed by atoms with van der Waals surface area (Å²) in [6.07, 6.45) is 2.42. The minimum atomic E-state index is -1.52. The number of rotatable bonds is 18. The molecule has 10 N–H and O–H groups in total. The lowest BCUT2D eigenvalue weighted by atomic mass is 9.99. The molecule has 6 aliphatic heterocycles. The predicted molar refractivity (Wildman–Crippen MR) is 412 cm³/mol. The molecule has 30 heteroatoms. The number of amides is 8. The molecule has 0 saturated carbocycles. The quantitative estimate of drug-likeness (QED) is 0.0564. The summed E-state index contributed by atoms with van der Waals surface area (Å²) in [4.78, 5) is 146. The predicted octanol–water partition coefficient (Wildman–Crippen LogP) is 4.54. The van der Waals surface area contributed by atoms with E-state index in [-0.39, 0.29) is 70.7 Å². The minimum Gasteiger partial charge on any atom is -0.487 e. The van der Waals surface area contributed by atoms with Crippen LogP contribution in [0.5, 0.6) is 11.6 Å². The molecule has 2 aromatic heterocycles. The monoisotopic (exact) mass is 1530 g/mol. The highest BCUT2D eigenvalue weighted by molar-refractivity contribution is 5.98. The van der Waals surface area contributed by atoms with Gasteiger partial charge in [-0.05, 0) is 102 Å². The van der Waals surface area contributed by atoms with Gasteiger partial charge in [0.1, 0.15) is 73.0 Å². The van der Waals surface area contributed by atoms with Crippen LogP contribution in [0.3, 0.4) is 0 Å². The summed E-state index contributed by atoms with van der Waals surface area (Å²) in [5, 5.41) is 61.7. The highest BCUT2D eigenvalue weighted by Crippen LogP contribution is 2.33. The normalized spacial score (nSPS) is 21.1. The Morgan fingerprint density at radius 2 is 0.875 bits per heavy atom. The topological polar surface area (TPSA) is 394 Å². The van der Waals surface area contributed by atoms with Gasteiger partial charge in [0.2, 0.25) is 47.3 Å². The Morgan fingerprint density at radius 1 is 0.473 bits per heavy atom. The molecule has 6 aliphatic rings. The molecular formula is C82H96N16O14. The Labute approximate surface area is 648 Å². The largest absolute Gasteiger partial charge is 0.487 e. The zero-order valence-electron chi connectivity index (χ0n) is 63.7. The summed E-state index contributed by atoms with van der Waals surface area (Å²) in [5.41, 5.74) is 6.87. The molecule has 8 amide bonds. The molecular weight excluding hydrogens is 1430 g/mol. The van der Waals surface area contributed by atoms with Crippen LogP contribution in [-0.2, 0) is 86.8 Å². The third-order valence-electron chi connectivity index (χ3n) is 20.7. The van der Waals surface area contributed by atoms with Gasteiger partial charge in [-0.2, -0.15) is 0 Å². The number of carbonyl (C=O) groups is 10. The van der Waals surface area contributed by atoms with Crippen molar-refractivity contribution in [3.05, 3.63) is 204 Å². The number of likely N-dealkylation sites (tertiary alicyclic amines) is 2. The van der Waals surface area contributed by atoms with E-state index in [2.05, 4.69) is 63.2 Å². The lowest BCUT2D eigenvalue weighted by Gasteiger charge is -2.32. The van der Waals surface area contributed by atoms with Gasteiger partial charge in [-0.3, -0.25) is 38.4 Å². The van der Waals surface area contributed by atoms with Crippen molar-refractivity contribution >= 4 is 59.2 Å². The van der Waals surface area contributed by atoms with E-state index in [1.807, 2.05) is 109 Å². The van der Waals surface area contributed by atoms with Gasteiger partial charge in [0.15, 0.2) is 0 Å². The summed E-state index contributed by atoms with van der Waals surface area (Å²) in [6.45, 7) is 9.96. The fourth-order valence-electron chi connectivity index (χ4n) is 13.8. The number of ether oxygens (including phenoxy) is 2. The number of aromatic nitrogens is 6. The van der Waals surface area contributed by atoms with Crippen LogP contribution < -0.4 is 52.0 Å². The van der Waals surface area contributed by atoms with Crippen molar-refractivity contribution in [2.45, 2.75) is 166 Å². The van der Waals surface area contributed by atoms with Gasteiger partial charge in [0, 0.05) is 51.6 Å². The number of carboxylic acids is 2. The Bertz CT molecular complexity index is 4330. The van der Waals surface area contributed by atoms with Crippen LogP contribution in [0.15, 0.2) is 170 Å². The van der Waals surface area contributed by atoms with Gasteiger partial charge in [-0.1, -0.05) is 189 Å². The Kier molecular flexibility index (Phi) is 26.7. The van der Waals surface area contributed by atoms with Gasteiger partial charge < -0.3 is 72.0 Å². The van der Waals surface area contributed by atoms with Crippen LogP contribution in [0.25, 0.3) is 22.3 Å². The van der Waals surface area contributed by atoms with Crippen LogP contribution in [0, 0.1) is 11.8 Å². The Balaban J connectivity index is 0.912. The standard InChI is InChI=1S/C82H96N16O14/c1-47(2)71(89-73(99)49(5)83-7)79(105)95-42-61-39-68(95)77(103)85-64(35-52-23-29-58(30-24-52)56-15-11-9-12-16-56)75(101)87-66(81(107)108)37-51-19-21-55(22-20-51)45-112-70-44-98(94-92-70)62-40-69(96(43-62)80(106)72(48(3)4)90-74(100)50(6)84-8)78(104)86-65(36-53-25-31-59(32-26-53)57-17-13-10-14-18-57)76(102)88-67(82(109)110)38-54-27-33-63(34-28-54)111-46-60-41-97(61)93-91-60/h9-34,41,44,47-50,61-62,64-69,71-72,83-84H,35-40,42-43,45-46H2,1-8H3,(H,85,103)(H,86,104)(H,87,101)(H,88,102)(H,89,99)(H,90,100)(H,107,108)(H,109,110)/t49-,50-,61-,62-,64-,65-,66-,67-,68-,69-,71-,72-/m0/s1. The maximum Gasteiger partial charge on any atom is 0.326 e. The van der Waals surface area contributed by atoms with Crippen LogP contribution in [0.2, 0.25) is 0 Å². The summed E-state index contributed by atoms with van der Waals surface area (Å²) in [5.74, 6) is -8.43. The Morgan fingerprint density at radius 3 is 1.29 bits per heavy atom. The third-order valence-corrected chi connectivity index (χ3v) is 20.7. The van der Waals surface area contributed by atoms with Crippen molar-refractivity contribution in [2.24, 2.45) is 11.8 Å². The molecule has 8 heterocycles. The first-order valence-electron chi connectivity index (χ1n) is 37.6. The van der Waals surface area contributed by atoms with Crippen molar-refractivity contribution in [2.75, 3.05) is 27.2 Å². The number of nitrogens with zero attached hydrogens (tertiary/aromatic N) is 8. The van der Waals surface area contributed by atoms with Gasteiger partial charge in [-0.25, -0.2) is 19.0 Å². The molecule has 30 nitrogen and oxygen atoms in total. The number of carbonyl (C=O) groups excluding carboxylic acids is 8. The number of hydrogen-bond acceptors (Lipinski definition) is 18. The van der Waals surface area contributed by atoms with Gasteiger partial charge in [-0.15, -0.1) is 5.10 Å². The summed E-state index contributed by atoms with van der Waals surface area (Å²) < 4.78 is 15.3. The van der Waals surface area contributed by atoms with Crippen LogP contribution in [0.1, 0.15) is 100.0 Å². The van der Waals surface area contributed by atoms with Crippen molar-refractivity contribution in [1.82, 2.24) is 82.3 Å². The molecule has 0 aliphatic carbocycles. The molecule has 2 fully saturated rings.